The number of nitrogens with zero attached hydrogens (tertiary/aromatic N) is 7. The maximum atomic E-state index is 13.5. The maximum absolute atomic E-state index is 13.5. The highest BCUT2D eigenvalue weighted by Gasteiger charge is 2.24. The molecule has 0 aliphatic heterocycles. The summed E-state index contributed by atoms with van der Waals surface area (Å²) in [6.45, 7) is 7.94. The third-order valence-electron chi connectivity index (χ3n) is 7.28. The average Bonchev–Trinajstić information content (AvgIpc) is 3.49. The molecule has 0 radical (unpaired) electrons. The minimum atomic E-state index is -0.626. The van der Waals surface area contributed by atoms with Gasteiger partial charge in [0, 0.05) is 42.4 Å². The second kappa shape index (κ2) is 11.5. The zero-order valence-electron chi connectivity index (χ0n) is 24.7. The molecule has 11 heteroatoms. The van der Waals surface area contributed by atoms with Gasteiger partial charge in [-0.2, -0.15) is 10.5 Å². The Kier molecular flexibility index (Phi) is 7.83. The Hall–Kier alpha value is -5.29. The number of nitriles is 2. The molecule has 0 aliphatic carbocycles. The first-order chi connectivity index (χ1) is 20.5. The van der Waals surface area contributed by atoms with E-state index in [0.29, 0.717) is 51.0 Å². The summed E-state index contributed by atoms with van der Waals surface area (Å²) < 4.78 is 16.5. The van der Waals surface area contributed by atoms with Crippen molar-refractivity contribution in [2.45, 2.75) is 39.8 Å². The summed E-state index contributed by atoms with van der Waals surface area (Å²) in [5.74, 6) is 0. The minimum Gasteiger partial charge on any atom is -0.383 e. The van der Waals surface area contributed by atoms with E-state index in [1.807, 2.05) is 18.2 Å². The Labute approximate surface area is 248 Å². The van der Waals surface area contributed by atoms with Crippen LogP contribution in [0.4, 0.5) is 15.8 Å². The quantitative estimate of drug-likeness (QED) is 0.243. The van der Waals surface area contributed by atoms with Gasteiger partial charge in [-0.25, -0.2) is 9.07 Å². The highest BCUT2D eigenvalue weighted by molar-refractivity contribution is 5.99. The number of hydrogen-bond acceptors (Lipinski definition) is 8. The average molecular weight is 578 g/mol. The summed E-state index contributed by atoms with van der Waals surface area (Å²) in [7, 11) is 1.70. The smallest absolute Gasteiger partial charge is 0.258 e. The summed E-state index contributed by atoms with van der Waals surface area (Å²) in [6.07, 6.45) is 4.87. The summed E-state index contributed by atoms with van der Waals surface area (Å²) in [5.41, 5.74) is 3.35. The Morgan fingerprint density at radius 2 is 1.84 bits per heavy atom. The minimum absolute atomic E-state index is 0.0741. The molecule has 218 valence electrons. The summed E-state index contributed by atoms with van der Waals surface area (Å²) in [4.78, 5) is 17.4. The second-order valence-corrected chi connectivity index (χ2v) is 11.8. The molecule has 0 amide bonds. The van der Waals surface area contributed by atoms with Gasteiger partial charge in [-0.1, -0.05) is 38.1 Å². The SMILES string of the molecule is CC(CF)n1cc(C(Nc2cc(C#N)c3ncc(C#N)c(NCC(C)(C)C)c3c2)c2cccc3c(=O)n(C)ccc23)nn1. The van der Waals surface area contributed by atoms with Crippen molar-refractivity contribution in [2.75, 3.05) is 23.9 Å². The summed E-state index contributed by atoms with van der Waals surface area (Å²) in [5, 5.41) is 37.3. The number of halogens is 1. The third kappa shape index (κ3) is 5.75. The standard InChI is InChI=1S/C32H32FN9O/c1-19(13-33)42-17-27(39-40-42)30(24-7-6-8-25-23(24)9-10-41(5)31(25)43)38-22-11-20(14-34)28-26(12-22)29(21(15-35)16-36-28)37-18-32(2,3)4/h6-12,16-17,19,30,38H,13,18H2,1-5H3,(H,36,37). The Bertz CT molecular complexity index is 1970. The van der Waals surface area contributed by atoms with E-state index < -0.39 is 18.8 Å². The van der Waals surface area contributed by atoms with E-state index >= 15 is 0 Å². The lowest BCUT2D eigenvalue weighted by molar-refractivity contribution is 0.351. The Balaban J connectivity index is 1.71. The van der Waals surface area contributed by atoms with E-state index in [2.05, 4.69) is 58.8 Å². The van der Waals surface area contributed by atoms with E-state index in [1.54, 1.807) is 44.6 Å². The number of aryl methyl sites for hydroxylation is 1. The third-order valence-corrected chi connectivity index (χ3v) is 7.28. The van der Waals surface area contributed by atoms with Crippen LogP contribution in [-0.4, -0.2) is 37.8 Å². The van der Waals surface area contributed by atoms with Gasteiger partial charge in [0.1, 0.15) is 24.5 Å². The van der Waals surface area contributed by atoms with Gasteiger partial charge in [0.25, 0.3) is 5.56 Å². The molecule has 5 rings (SSSR count). The first-order valence-corrected chi connectivity index (χ1v) is 13.9. The van der Waals surface area contributed by atoms with Gasteiger partial charge < -0.3 is 15.2 Å². The van der Waals surface area contributed by atoms with Crippen LogP contribution in [0.25, 0.3) is 21.7 Å². The van der Waals surface area contributed by atoms with Gasteiger partial charge in [0.15, 0.2) is 0 Å². The molecular weight excluding hydrogens is 545 g/mol. The molecule has 0 saturated heterocycles. The maximum Gasteiger partial charge on any atom is 0.258 e. The van der Waals surface area contributed by atoms with Crippen LogP contribution < -0.4 is 16.2 Å². The highest BCUT2D eigenvalue weighted by Crippen LogP contribution is 2.35. The number of benzene rings is 2. The molecular formula is C32H32FN9O. The van der Waals surface area contributed by atoms with Crippen LogP contribution in [0, 0.1) is 28.1 Å². The number of alkyl halides is 1. The second-order valence-electron chi connectivity index (χ2n) is 11.8. The molecule has 0 spiro atoms. The van der Waals surface area contributed by atoms with Crippen molar-refractivity contribution in [3.8, 4) is 12.1 Å². The van der Waals surface area contributed by atoms with Gasteiger partial charge in [-0.15, -0.1) is 5.10 Å². The molecule has 2 aromatic carbocycles. The lowest BCUT2D eigenvalue weighted by Crippen LogP contribution is -2.20. The van der Waals surface area contributed by atoms with Crippen molar-refractivity contribution < 1.29 is 4.39 Å². The lowest BCUT2D eigenvalue weighted by Gasteiger charge is -2.23. The predicted molar refractivity (Wildman–Crippen MR) is 164 cm³/mol. The molecule has 5 aromatic rings. The molecule has 2 unspecified atom stereocenters. The van der Waals surface area contributed by atoms with Crippen LogP contribution in [0.3, 0.4) is 0 Å². The van der Waals surface area contributed by atoms with Crippen molar-refractivity contribution in [2.24, 2.45) is 12.5 Å². The number of nitrogens with one attached hydrogen (secondary N) is 2. The van der Waals surface area contributed by atoms with Crippen molar-refractivity contribution >= 4 is 33.1 Å². The summed E-state index contributed by atoms with van der Waals surface area (Å²) in [6, 6.07) is 14.2. The fraction of sp³-hybridized carbons (Fsp3) is 0.312. The van der Waals surface area contributed by atoms with Gasteiger partial charge in [0.05, 0.1) is 40.6 Å². The Morgan fingerprint density at radius 3 is 2.53 bits per heavy atom. The van der Waals surface area contributed by atoms with E-state index in [-0.39, 0.29) is 11.0 Å². The van der Waals surface area contributed by atoms with Crippen LogP contribution in [0.2, 0.25) is 0 Å². The van der Waals surface area contributed by atoms with E-state index in [0.717, 1.165) is 10.9 Å². The molecule has 0 bridgehead atoms. The van der Waals surface area contributed by atoms with Gasteiger partial charge in [0.2, 0.25) is 0 Å². The van der Waals surface area contributed by atoms with Crippen molar-refractivity contribution in [1.82, 2.24) is 24.5 Å². The van der Waals surface area contributed by atoms with Crippen LogP contribution >= 0.6 is 0 Å². The first-order valence-electron chi connectivity index (χ1n) is 13.9. The highest BCUT2D eigenvalue weighted by atomic mass is 19.1. The van der Waals surface area contributed by atoms with E-state index in [9.17, 15) is 19.7 Å². The number of rotatable bonds is 8. The molecule has 3 heterocycles. The van der Waals surface area contributed by atoms with Crippen LogP contribution in [0.15, 0.2) is 59.8 Å². The first kappa shape index (κ1) is 29.2. The van der Waals surface area contributed by atoms with E-state index in [4.69, 9.17) is 0 Å². The molecule has 3 aromatic heterocycles. The number of pyridine rings is 2. The fourth-order valence-electron chi connectivity index (χ4n) is 4.94. The molecule has 2 atom stereocenters. The number of anilines is 2. The lowest BCUT2D eigenvalue weighted by atomic mass is 9.96. The molecule has 0 saturated carbocycles. The zero-order valence-corrected chi connectivity index (χ0v) is 24.7. The summed E-state index contributed by atoms with van der Waals surface area (Å²) >= 11 is 0. The van der Waals surface area contributed by atoms with Gasteiger partial charge in [-0.05, 0) is 47.6 Å². The largest absolute Gasteiger partial charge is 0.383 e. The normalized spacial score (nSPS) is 12.9. The van der Waals surface area contributed by atoms with Gasteiger partial charge >= 0.3 is 0 Å². The van der Waals surface area contributed by atoms with E-state index in [1.165, 1.54) is 15.4 Å². The zero-order chi connectivity index (χ0) is 30.9. The van der Waals surface area contributed by atoms with Crippen LogP contribution in [0.1, 0.15) is 62.2 Å². The monoisotopic (exact) mass is 577 g/mol. The van der Waals surface area contributed by atoms with Crippen molar-refractivity contribution in [3.05, 3.63) is 87.7 Å². The topological polar surface area (TPSA) is 137 Å². The molecule has 2 N–H and O–H groups in total. The van der Waals surface area contributed by atoms with Crippen molar-refractivity contribution in [3.63, 3.8) is 0 Å². The number of hydrogen-bond donors (Lipinski definition) is 2. The molecule has 10 nitrogen and oxygen atoms in total. The van der Waals surface area contributed by atoms with Crippen LogP contribution in [-0.2, 0) is 7.05 Å². The fourth-order valence-corrected chi connectivity index (χ4v) is 4.94. The van der Waals surface area contributed by atoms with Gasteiger partial charge in [-0.3, -0.25) is 9.78 Å². The Morgan fingerprint density at radius 1 is 1.07 bits per heavy atom. The molecule has 0 fully saturated rings. The van der Waals surface area contributed by atoms with Crippen molar-refractivity contribution in [1.29, 1.82) is 10.5 Å². The van der Waals surface area contributed by atoms with Crippen LogP contribution in [0.5, 0.6) is 0 Å². The number of fused-ring (bicyclic) bond motifs is 2. The predicted octanol–water partition coefficient (Wildman–Crippen LogP) is 5.61. The molecule has 43 heavy (non-hydrogen) atoms. The molecule has 0 aliphatic rings. The number of aromatic nitrogens is 5.